The number of aliphatic hydroxyl groups excluding tert-OH is 1. The molecule has 0 amide bonds. The van der Waals surface area contributed by atoms with Gasteiger partial charge < -0.3 is 9.84 Å². The van der Waals surface area contributed by atoms with Crippen molar-refractivity contribution in [3.63, 3.8) is 0 Å². The summed E-state index contributed by atoms with van der Waals surface area (Å²) < 4.78 is 5.04. The van der Waals surface area contributed by atoms with E-state index in [2.05, 4.69) is 0 Å². The number of ether oxygens (including phenoxy) is 1. The second-order valence-corrected chi connectivity index (χ2v) is 3.08. The van der Waals surface area contributed by atoms with Gasteiger partial charge in [-0.15, -0.1) is 0 Å². The van der Waals surface area contributed by atoms with Gasteiger partial charge in [-0.3, -0.25) is 4.79 Å². The molecule has 0 aromatic rings. The number of rotatable bonds is 2. The highest BCUT2D eigenvalue weighted by atomic mass is 16.5. The van der Waals surface area contributed by atoms with Crippen molar-refractivity contribution >= 4 is 5.97 Å². The maximum atomic E-state index is 10.8. The molecule has 0 aromatic carbocycles. The molecule has 64 valence electrons. The van der Waals surface area contributed by atoms with E-state index < -0.39 is 0 Å². The molecule has 3 heteroatoms. The molecule has 0 saturated carbocycles. The van der Waals surface area contributed by atoms with Gasteiger partial charge in [0, 0.05) is 18.9 Å². The lowest BCUT2D eigenvalue weighted by Gasteiger charge is -2.26. The monoisotopic (exact) mass is 158 g/mol. The summed E-state index contributed by atoms with van der Waals surface area (Å²) in [4.78, 5) is 10.8. The summed E-state index contributed by atoms with van der Waals surface area (Å²) in [6.07, 6.45) is 2.27. The molecule has 0 radical (unpaired) electrons. The second kappa shape index (κ2) is 3.72. The summed E-state index contributed by atoms with van der Waals surface area (Å²) in [7, 11) is 0. The molecule has 1 rings (SSSR count). The van der Waals surface area contributed by atoms with Crippen molar-refractivity contribution in [3.8, 4) is 0 Å². The van der Waals surface area contributed by atoms with Crippen LogP contribution in [0.4, 0.5) is 0 Å². The van der Waals surface area contributed by atoms with E-state index in [9.17, 15) is 4.79 Å². The van der Waals surface area contributed by atoms with E-state index in [-0.39, 0.29) is 24.6 Å². The highest BCUT2D eigenvalue weighted by molar-refractivity contribution is 5.70. The van der Waals surface area contributed by atoms with Crippen molar-refractivity contribution in [3.05, 3.63) is 0 Å². The third-order valence-corrected chi connectivity index (χ3v) is 2.08. The van der Waals surface area contributed by atoms with Gasteiger partial charge in [0.2, 0.25) is 0 Å². The lowest BCUT2D eigenvalue weighted by Crippen LogP contribution is -2.30. The SMILES string of the molecule is C[C@H](CO)[C@@H]1CCCC(=O)O1. The van der Waals surface area contributed by atoms with Crippen molar-refractivity contribution < 1.29 is 14.6 Å². The van der Waals surface area contributed by atoms with Gasteiger partial charge in [-0.2, -0.15) is 0 Å². The van der Waals surface area contributed by atoms with Crippen LogP contribution in [0.25, 0.3) is 0 Å². The van der Waals surface area contributed by atoms with Crippen molar-refractivity contribution in [2.45, 2.75) is 32.3 Å². The van der Waals surface area contributed by atoms with E-state index in [0.717, 1.165) is 12.8 Å². The van der Waals surface area contributed by atoms with Gasteiger partial charge >= 0.3 is 5.97 Å². The number of hydrogen-bond donors (Lipinski definition) is 1. The zero-order chi connectivity index (χ0) is 8.27. The Kier molecular flexibility index (Phi) is 2.88. The molecule has 1 aliphatic rings. The van der Waals surface area contributed by atoms with Crippen LogP contribution in [0.3, 0.4) is 0 Å². The van der Waals surface area contributed by atoms with Crippen LogP contribution in [0, 0.1) is 5.92 Å². The van der Waals surface area contributed by atoms with Gasteiger partial charge in [0.25, 0.3) is 0 Å². The van der Waals surface area contributed by atoms with Crippen LogP contribution in [0.5, 0.6) is 0 Å². The third kappa shape index (κ3) is 2.19. The van der Waals surface area contributed by atoms with E-state index in [1.807, 2.05) is 6.92 Å². The number of aliphatic hydroxyl groups is 1. The first-order chi connectivity index (χ1) is 5.24. The zero-order valence-electron chi connectivity index (χ0n) is 6.75. The van der Waals surface area contributed by atoms with Gasteiger partial charge in [-0.1, -0.05) is 6.92 Å². The van der Waals surface area contributed by atoms with Crippen LogP contribution < -0.4 is 0 Å². The molecular formula is C8H14O3. The number of carbonyl (C=O) groups excluding carboxylic acids is 1. The van der Waals surface area contributed by atoms with Crippen LogP contribution in [0.15, 0.2) is 0 Å². The van der Waals surface area contributed by atoms with Gasteiger partial charge in [0.1, 0.15) is 6.10 Å². The molecule has 1 aliphatic heterocycles. The zero-order valence-corrected chi connectivity index (χ0v) is 6.75. The van der Waals surface area contributed by atoms with Crippen molar-refractivity contribution in [1.29, 1.82) is 0 Å². The van der Waals surface area contributed by atoms with Crippen molar-refractivity contribution in [1.82, 2.24) is 0 Å². The minimum atomic E-state index is -0.124. The topological polar surface area (TPSA) is 46.5 Å². The van der Waals surface area contributed by atoms with E-state index in [1.54, 1.807) is 0 Å². The molecular weight excluding hydrogens is 144 g/mol. The molecule has 0 bridgehead atoms. The summed E-state index contributed by atoms with van der Waals surface area (Å²) in [5.74, 6) is -0.0409. The number of hydrogen-bond acceptors (Lipinski definition) is 3. The summed E-state index contributed by atoms with van der Waals surface area (Å²) in [5, 5.41) is 8.78. The second-order valence-electron chi connectivity index (χ2n) is 3.08. The molecule has 3 nitrogen and oxygen atoms in total. The highest BCUT2D eigenvalue weighted by Crippen LogP contribution is 2.20. The normalized spacial score (nSPS) is 27.8. The molecule has 11 heavy (non-hydrogen) atoms. The summed E-state index contributed by atoms with van der Waals surface area (Å²) in [5.41, 5.74) is 0. The molecule has 1 N–H and O–H groups in total. The quantitative estimate of drug-likeness (QED) is 0.602. The Hall–Kier alpha value is -0.570. The predicted octanol–water partition coefficient (Wildman–Crippen LogP) is 0.710. The maximum absolute atomic E-state index is 10.8. The van der Waals surface area contributed by atoms with Gasteiger partial charge in [-0.05, 0) is 12.8 Å². The molecule has 0 aliphatic carbocycles. The number of esters is 1. The predicted molar refractivity (Wildman–Crippen MR) is 40.0 cm³/mol. The van der Waals surface area contributed by atoms with E-state index in [4.69, 9.17) is 9.84 Å². The molecule has 1 fully saturated rings. The Balaban J connectivity index is 2.39. The van der Waals surface area contributed by atoms with Crippen LogP contribution >= 0.6 is 0 Å². The first-order valence-corrected chi connectivity index (χ1v) is 4.04. The summed E-state index contributed by atoms with van der Waals surface area (Å²) >= 11 is 0. The fourth-order valence-electron chi connectivity index (χ4n) is 1.25. The van der Waals surface area contributed by atoms with Gasteiger partial charge in [0.15, 0.2) is 0 Å². The minimum Gasteiger partial charge on any atom is -0.462 e. The Morgan fingerprint density at radius 1 is 1.82 bits per heavy atom. The van der Waals surface area contributed by atoms with E-state index in [1.165, 1.54) is 0 Å². The van der Waals surface area contributed by atoms with Gasteiger partial charge in [-0.25, -0.2) is 0 Å². The van der Waals surface area contributed by atoms with E-state index in [0.29, 0.717) is 6.42 Å². The fraction of sp³-hybridized carbons (Fsp3) is 0.875. The Labute approximate surface area is 66.4 Å². The number of carbonyl (C=O) groups is 1. The molecule has 0 spiro atoms. The first kappa shape index (κ1) is 8.53. The first-order valence-electron chi connectivity index (χ1n) is 4.04. The van der Waals surface area contributed by atoms with Gasteiger partial charge in [0.05, 0.1) is 0 Å². The molecule has 0 unspecified atom stereocenters. The Morgan fingerprint density at radius 2 is 2.55 bits per heavy atom. The standard InChI is InChI=1S/C8H14O3/c1-6(5-9)7-3-2-4-8(10)11-7/h6-7,9H,2-5H2,1H3/t6-,7+/m1/s1. The van der Waals surface area contributed by atoms with Crippen LogP contribution in [-0.2, 0) is 9.53 Å². The third-order valence-electron chi connectivity index (χ3n) is 2.08. The average molecular weight is 158 g/mol. The van der Waals surface area contributed by atoms with Crippen LogP contribution in [0.1, 0.15) is 26.2 Å². The van der Waals surface area contributed by atoms with Crippen molar-refractivity contribution in [2.75, 3.05) is 6.61 Å². The lowest BCUT2D eigenvalue weighted by molar-refractivity contribution is -0.157. The maximum Gasteiger partial charge on any atom is 0.306 e. The van der Waals surface area contributed by atoms with Crippen molar-refractivity contribution in [2.24, 2.45) is 5.92 Å². The minimum absolute atomic E-state index is 0.0544. The molecule has 1 saturated heterocycles. The van der Waals surface area contributed by atoms with Crippen LogP contribution in [0.2, 0.25) is 0 Å². The largest absolute Gasteiger partial charge is 0.462 e. The Morgan fingerprint density at radius 3 is 3.09 bits per heavy atom. The molecule has 0 aromatic heterocycles. The van der Waals surface area contributed by atoms with Crippen LogP contribution in [-0.4, -0.2) is 23.8 Å². The fourth-order valence-corrected chi connectivity index (χ4v) is 1.25. The molecule has 2 atom stereocenters. The molecule has 1 heterocycles. The average Bonchev–Trinajstić information content (AvgIpc) is 2.03. The smallest absolute Gasteiger partial charge is 0.306 e. The highest BCUT2D eigenvalue weighted by Gasteiger charge is 2.24. The lowest BCUT2D eigenvalue weighted by atomic mass is 9.98. The Bertz CT molecular complexity index is 144. The summed E-state index contributed by atoms with van der Waals surface area (Å²) in [6, 6.07) is 0. The summed E-state index contributed by atoms with van der Waals surface area (Å²) in [6.45, 7) is 1.99. The number of cyclic esters (lactones) is 1. The van der Waals surface area contributed by atoms with E-state index >= 15 is 0 Å².